The van der Waals surface area contributed by atoms with Crippen LogP contribution in [0.25, 0.3) is 17.0 Å². The van der Waals surface area contributed by atoms with Crippen LogP contribution in [0.5, 0.6) is 0 Å². The van der Waals surface area contributed by atoms with E-state index in [0.717, 1.165) is 29.9 Å². The summed E-state index contributed by atoms with van der Waals surface area (Å²) in [6, 6.07) is 7.97. The Hall–Kier alpha value is -2.78. The Morgan fingerprint density at radius 1 is 1.07 bits per heavy atom. The van der Waals surface area contributed by atoms with Crippen LogP contribution < -0.4 is 10.2 Å². The number of hydrogen-bond donors (Lipinski definition) is 1. The molecule has 1 fully saturated rings. The summed E-state index contributed by atoms with van der Waals surface area (Å²) in [7, 11) is 1.67. The van der Waals surface area contributed by atoms with Gasteiger partial charge < -0.3 is 19.7 Å². The monoisotopic (exact) mass is 369 g/mol. The third kappa shape index (κ3) is 3.69. The quantitative estimate of drug-likeness (QED) is 0.653. The maximum absolute atomic E-state index is 5.45. The average Bonchev–Trinajstić information content (AvgIpc) is 3.04. The van der Waals surface area contributed by atoms with E-state index in [9.17, 15) is 0 Å². The number of rotatable bonds is 6. The molecule has 0 unspecified atom stereocenters. The number of ether oxygens (including phenoxy) is 2. The topological polar surface area (TPSA) is 90.2 Å². The molecule has 0 aliphatic carbocycles. The van der Waals surface area contributed by atoms with E-state index in [0.29, 0.717) is 44.2 Å². The van der Waals surface area contributed by atoms with Gasteiger partial charge in [-0.1, -0.05) is 12.1 Å². The molecule has 1 aliphatic rings. The van der Waals surface area contributed by atoms with Gasteiger partial charge >= 0.3 is 0 Å². The van der Waals surface area contributed by atoms with Crippen LogP contribution in [0.1, 0.15) is 5.82 Å². The summed E-state index contributed by atoms with van der Waals surface area (Å²) >= 11 is 0. The third-order valence-electron chi connectivity index (χ3n) is 4.42. The Labute approximate surface area is 157 Å². The Balaban J connectivity index is 1.78. The molecular weight excluding hydrogens is 346 g/mol. The van der Waals surface area contributed by atoms with Crippen molar-refractivity contribution >= 4 is 22.9 Å². The number of morpholine rings is 1. The predicted molar refractivity (Wildman–Crippen MR) is 103 cm³/mol. The minimum absolute atomic E-state index is 0.524. The molecule has 1 aromatic carbocycles. The van der Waals surface area contributed by atoms with Gasteiger partial charge in [-0.2, -0.15) is 15.0 Å². The first-order valence-electron chi connectivity index (χ1n) is 9.02. The largest absolute Gasteiger partial charge is 0.383 e. The molecule has 0 atom stereocenters. The van der Waals surface area contributed by atoms with Gasteiger partial charge in [-0.25, -0.2) is 4.98 Å². The molecule has 3 aromatic rings. The van der Waals surface area contributed by atoms with Crippen molar-refractivity contribution in [2.75, 3.05) is 56.8 Å². The highest BCUT2D eigenvalue weighted by atomic mass is 16.5. The van der Waals surface area contributed by atoms with Crippen LogP contribution in [0.3, 0.4) is 0 Å². The number of aryl methyl sites for hydroxylation is 1. The number of anilines is 2. The fourth-order valence-corrected chi connectivity index (χ4v) is 3.10. The standard InChI is InChI=1S/C18H23N7O2/c1-13-20-14-5-3-4-6-15(14)25(13)18-22-16(19-7-10-26-2)21-17(23-18)24-8-11-27-12-9-24/h3-6H,7-12H2,1-2H3,(H,19,21,22,23). The number of benzene rings is 1. The molecule has 9 heteroatoms. The van der Waals surface area contributed by atoms with Gasteiger partial charge in [0.2, 0.25) is 17.8 Å². The highest BCUT2D eigenvalue weighted by Gasteiger charge is 2.19. The van der Waals surface area contributed by atoms with Crippen molar-refractivity contribution < 1.29 is 9.47 Å². The molecular formula is C18H23N7O2. The molecule has 142 valence electrons. The van der Waals surface area contributed by atoms with Crippen LogP contribution in [0.4, 0.5) is 11.9 Å². The van der Waals surface area contributed by atoms with E-state index in [1.54, 1.807) is 7.11 Å². The molecule has 0 bridgehead atoms. The van der Waals surface area contributed by atoms with Gasteiger partial charge in [0.15, 0.2) is 0 Å². The number of para-hydroxylation sites is 2. The van der Waals surface area contributed by atoms with Gasteiger partial charge in [0.05, 0.1) is 30.9 Å². The molecule has 1 saturated heterocycles. The second kappa shape index (κ2) is 7.85. The zero-order valence-electron chi connectivity index (χ0n) is 15.6. The lowest BCUT2D eigenvalue weighted by atomic mass is 10.3. The van der Waals surface area contributed by atoms with E-state index in [4.69, 9.17) is 14.5 Å². The Morgan fingerprint density at radius 2 is 1.85 bits per heavy atom. The minimum Gasteiger partial charge on any atom is -0.383 e. The van der Waals surface area contributed by atoms with Crippen molar-refractivity contribution in [2.24, 2.45) is 0 Å². The zero-order chi connectivity index (χ0) is 18.6. The fourth-order valence-electron chi connectivity index (χ4n) is 3.10. The van der Waals surface area contributed by atoms with E-state index in [2.05, 4.69) is 25.2 Å². The number of nitrogens with zero attached hydrogens (tertiary/aromatic N) is 6. The SMILES string of the molecule is COCCNc1nc(N2CCOCC2)nc(-n2c(C)nc3ccccc32)n1. The number of aromatic nitrogens is 5. The average molecular weight is 369 g/mol. The van der Waals surface area contributed by atoms with E-state index < -0.39 is 0 Å². The molecule has 0 spiro atoms. The zero-order valence-corrected chi connectivity index (χ0v) is 15.6. The Kier molecular flexibility index (Phi) is 5.12. The van der Waals surface area contributed by atoms with Crippen LogP contribution in [0, 0.1) is 6.92 Å². The van der Waals surface area contributed by atoms with Crippen molar-refractivity contribution in [1.82, 2.24) is 24.5 Å². The lowest BCUT2D eigenvalue weighted by molar-refractivity contribution is 0.122. The number of fused-ring (bicyclic) bond motifs is 1. The normalized spacial score (nSPS) is 14.7. The lowest BCUT2D eigenvalue weighted by Gasteiger charge is -2.27. The summed E-state index contributed by atoms with van der Waals surface area (Å²) in [5, 5.41) is 3.22. The van der Waals surface area contributed by atoms with Gasteiger partial charge in [0.25, 0.3) is 0 Å². The van der Waals surface area contributed by atoms with Gasteiger partial charge in [0, 0.05) is 26.7 Å². The highest BCUT2D eigenvalue weighted by Crippen LogP contribution is 2.21. The summed E-state index contributed by atoms with van der Waals surface area (Å²) in [5.41, 5.74) is 1.88. The number of hydrogen-bond acceptors (Lipinski definition) is 8. The van der Waals surface area contributed by atoms with Crippen LogP contribution in [-0.4, -0.2) is 71.1 Å². The third-order valence-corrected chi connectivity index (χ3v) is 4.42. The van der Waals surface area contributed by atoms with Crippen molar-refractivity contribution in [2.45, 2.75) is 6.92 Å². The van der Waals surface area contributed by atoms with Gasteiger partial charge in [0.1, 0.15) is 5.82 Å². The maximum Gasteiger partial charge on any atom is 0.242 e. The molecule has 2 aromatic heterocycles. The summed E-state index contributed by atoms with van der Waals surface area (Å²) in [5.74, 6) is 2.55. The van der Waals surface area contributed by atoms with Crippen molar-refractivity contribution in [1.29, 1.82) is 0 Å². The lowest BCUT2D eigenvalue weighted by Crippen LogP contribution is -2.37. The molecule has 1 N–H and O–H groups in total. The Morgan fingerprint density at radius 3 is 2.67 bits per heavy atom. The van der Waals surface area contributed by atoms with Gasteiger partial charge in [-0.15, -0.1) is 0 Å². The van der Waals surface area contributed by atoms with Crippen LogP contribution in [0.2, 0.25) is 0 Å². The van der Waals surface area contributed by atoms with E-state index >= 15 is 0 Å². The molecule has 3 heterocycles. The number of methoxy groups -OCH3 is 1. The number of nitrogens with one attached hydrogen (secondary N) is 1. The maximum atomic E-state index is 5.45. The molecule has 4 rings (SSSR count). The van der Waals surface area contributed by atoms with Gasteiger partial charge in [-0.3, -0.25) is 4.57 Å². The molecule has 0 saturated carbocycles. The van der Waals surface area contributed by atoms with Crippen molar-refractivity contribution in [3.8, 4) is 5.95 Å². The first-order valence-corrected chi connectivity index (χ1v) is 9.02. The van der Waals surface area contributed by atoms with Crippen LogP contribution >= 0.6 is 0 Å². The van der Waals surface area contributed by atoms with Crippen molar-refractivity contribution in [3.05, 3.63) is 30.1 Å². The number of imidazole rings is 1. The summed E-state index contributed by atoms with van der Waals surface area (Å²) in [6.45, 7) is 5.99. The molecule has 1 aliphatic heterocycles. The molecule has 27 heavy (non-hydrogen) atoms. The minimum atomic E-state index is 0.524. The summed E-state index contributed by atoms with van der Waals surface area (Å²) < 4.78 is 12.5. The fraction of sp³-hybridized carbons (Fsp3) is 0.444. The second-order valence-electron chi connectivity index (χ2n) is 6.26. The first kappa shape index (κ1) is 17.6. The van der Waals surface area contributed by atoms with E-state index in [1.165, 1.54) is 0 Å². The van der Waals surface area contributed by atoms with E-state index in [1.807, 2.05) is 35.8 Å². The smallest absolute Gasteiger partial charge is 0.242 e. The van der Waals surface area contributed by atoms with E-state index in [-0.39, 0.29) is 0 Å². The molecule has 9 nitrogen and oxygen atoms in total. The second-order valence-corrected chi connectivity index (χ2v) is 6.26. The van der Waals surface area contributed by atoms with Gasteiger partial charge in [-0.05, 0) is 19.1 Å². The predicted octanol–water partition coefficient (Wildman–Crippen LogP) is 1.41. The highest BCUT2D eigenvalue weighted by molar-refractivity contribution is 5.77. The molecule has 0 radical (unpaired) electrons. The molecule has 0 amide bonds. The van der Waals surface area contributed by atoms with Crippen molar-refractivity contribution in [3.63, 3.8) is 0 Å². The first-order chi connectivity index (χ1) is 13.3. The summed E-state index contributed by atoms with van der Waals surface area (Å²) in [6.07, 6.45) is 0. The Bertz CT molecular complexity index is 921. The van der Waals surface area contributed by atoms with Crippen LogP contribution in [-0.2, 0) is 9.47 Å². The summed E-state index contributed by atoms with van der Waals surface area (Å²) in [4.78, 5) is 20.7. The van der Waals surface area contributed by atoms with Crippen LogP contribution in [0.15, 0.2) is 24.3 Å².